The van der Waals surface area contributed by atoms with Crippen molar-refractivity contribution in [1.29, 1.82) is 0 Å². The summed E-state index contributed by atoms with van der Waals surface area (Å²) in [6, 6.07) is 13.9. The van der Waals surface area contributed by atoms with E-state index in [0.717, 1.165) is 24.9 Å². The second-order valence-corrected chi connectivity index (χ2v) is 6.57. The molecule has 2 N–H and O–H groups in total. The van der Waals surface area contributed by atoms with Crippen molar-refractivity contribution in [2.24, 2.45) is 0 Å². The summed E-state index contributed by atoms with van der Waals surface area (Å²) >= 11 is 0. The summed E-state index contributed by atoms with van der Waals surface area (Å²) in [4.78, 5) is 12.5. The third kappa shape index (κ3) is 6.00. The molecule has 0 saturated heterocycles. The number of methoxy groups -OCH3 is 2. The van der Waals surface area contributed by atoms with Gasteiger partial charge in [-0.2, -0.15) is 0 Å². The van der Waals surface area contributed by atoms with Gasteiger partial charge >= 0.3 is 0 Å². The smallest absolute Gasteiger partial charge is 0.220 e. The zero-order valence-electron chi connectivity index (χ0n) is 16.7. The molecule has 0 bridgehead atoms. The molecule has 0 saturated carbocycles. The standard InChI is InChI=1S/C22H30N2O3/c1-16-8-5-6-9-17(16)14-19(24-22(25)10-7-13-23-2)18-11-12-20(26-3)21(15-18)27-4/h5-6,8-9,11-12,15,19,23H,7,10,13-14H2,1-4H3,(H,24,25). The first-order chi connectivity index (χ1) is 13.1. The number of rotatable bonds is 10. The van der Waals surface area contributed by atoms with Gasteiger partial charge in [0.1, 0.15) is 0 Å². The van der Waals surface area contributed by atoms with Gasteiger partial charge in [0.15, 0.2) is 11.5 Å². The summed E-state index contributed by atoms with van der Waals surface area (Å²) in [7, 11) is 5.13. The van der Waals surface area contributed by atoms with Crippen molar-refractivity contribution in [3.63, 3.8) is 0 Å². The Morgan fingerprint density at radius 3 is 2.48 bits per heavy atom. The van der Waals surface area contributed by atoms with E-state index in [4.69, 9.17) is 9.47 Å². The zero-order chi connectivity index (χ0) is 19.6. The van der Waals surface area contributed by atoms with Crippen LogP contribution in [0.3, 0.4) is 0 Å². The average Bonchev–Trinajstić information content (AvgIpc) is 2.68. The Labute approximate surface area is 162 Å². The minimum atomic E-state index is -0.131. The molecule has 5 nitrogen and oxygen atoms in total. The van der Waals surface area contributed by atoms with Crippen LogP contribution in [0.25, 0.3) is 0 Å². The summed E-state index contributed by atoms with van der Waals surface area (Å²) < 4.78 is 10.8. The van der Waals surface area contributed by atoms with E-state index in [1.165, 1.54) is 11.1 Å². The van der Waals surface area contributed by atoms with Crippen LogP contribution in [0.15, 0.2) is 42.5 Å². The van der Waals surface area contributed by atoms with Crippen LogP contribution in [0.2, 0.25) is 0 Å². The number of carbonyl (C=O) groups excluding carboxylic acids is 1. The van der Waals surface area contributed by atoms with Crippen molar-refractivity contribution in [1.82, 2.24) is 10.6 Å². The molecule has 2 aromatic rings. The second-order valence-electron chi connectivity index (χ2n) is 6.57. The number of nitrogens with one attached hydrogen (secondary N) is 2. The summed E-state index contributed by atoms with van der Waals surface area (Å²) in [5, 5.41) is 6.27. The highest BCUT2D eigenvalue weighted by Gasteiger charge is 2.18. The highest BCUT2D eigenvalue weighted by atomic mass is 16.5. The Balaban J connectivity index is 2.26. The predicted molar refractivity (Wildman–Crippen MR) is 108 cm³/mol. The minimum absolute atomic E-state index is 0.0543. The van der Waals surface area contributed by atoms with Crippen LogP contribution in [0.4, 0.5) is 0 Å². The first-order valence-electron chi connectivity index (χ1n) is 9.29. The molecule has 2 rings (SSSR count). The molecule has 1 unspecified atom stereocenters. The highest BCUT2D eigenvalue weighted by molar-refractivity contribution is 5.76. The van der Waals surface area contributed by atoms with E-state index in [-0.39, 0.29) is 11.9 Å². The lowest BCUT2D eigenvalue weighted by Crippen LogP contribution is -2.30. The van der Waals surface area contributed by atoms with Gasteiger partial charge in [0.25, 0.3) is 0 Å². The molecule has 0 fully saturated rings. The molecule has 0 heterocycles. The van der Waals surface area contributed by atoms with Crippen LogP contribution < -0.4 is 20.1 Å². The van der Waals surface area contributed by atoms with Gasteiger partial charge < -0.3 is 20.1 Å². The number of aryl methyl sites for hydroxylation is 1. The molecule has 0 aromatic heterocycles. The number of ether oxygens (including phenoxy) is 2. The Morgan fingerprint density at radius 2 is 1.81 bits per heavy atom. The topological polar surface area (TPSA) is 59.6 Å². The lowest BCUT2D eigenvalue weighted by Gasteiger charge is -2.22. The van der Waals surface area contributed by atoms with Crippen LogP contribution in [0.5, 0.6) is 11.5 Å². The number of benzene rings is 2. The Kier molecular flexibility index (Phi) is 8.14. The van der Waals surface area contributed by atoms with E-state index in [9.17, 15) is 4.79 Å². The maximum Gasteiger partial charge on any atom is 0.220 e. The monoisotopic (exact) mass is 370 g/mol. The maximum atomic E-state index is 12.5. The van der Waals surface area contributed by atoms with E-state index < -0.39 is 0 Å². The molecule has 146 valence electrons. The molecule has 1 amide bonds. The molecule has 0 aliphatic heterocycles. The van der Waals surface area contributed by atoms with E-state index in [1.54, 1.807) is 14.2 Å². The van der Waals surface area contributed by atoms with Gasteiger partial charge in [0, 0.05) is 6.42 Å². The fraction of sp³-hybridized carbons (Fsp3) is 0.409. The van der Waals surface area contributed by atoms with Gasteiger partial charge in [0.2, 0.25) is 5.91 Å². The Hall–Kier alpha value is -2.53. The van der Waals surface area contributed by atoms with Gasteiger partial charge in [-0.25, -0.2) is 0 Å². The lowest BCUT2D eigenvalue weighted by molar-refractivity contribution is -0.121. The lowest BCUT2D eigenvalue weighted by atomic mass is 9.95. The van der Waals surface area contributed by atoms with E-state index in [2.05, 4.69) is 29.7 Å². The largest absolute Gasteiger partial charge is 0.493 e. The van der Waals surface area contributed by atoms with Crippen molar-refractivity contribution in [3.05, 3.63) is 59.2 Å². The minimum Gasteiger partial charge on any atom is -0.493 e. The number of carbonyl (C=O) groups is 1. The van der Waals surface area contributed by atoms with E-state index in [0.29, 0.717) is 17.9 Å². The molecule has 27 heavy (non-hydrogen) atoms. The summed E-state index contributed by atoms with van der Waals surface area (Å²) in [5.74, 6) is 1.39. The van der Waals surface area contributed by atoms with E-state index in [1.807, 2.05) is 37.4 Å². The third-order valence-corrected chi connectivity index (χ3v) is 4.66. The van der Waals surface area contributed by atoms with Gasteiger partial charge in [0.05, 0.1) is 20.3 Å². The molecule has 5 heteroatoms. The number of amides is 1. The van der Waals surface area contributed by atoms with Gasteiger partial charge in [-0.1, -0.05) is 30.3 Å². The highest BCUT2D eigenvalue weighted by Crippen LogP contribution is 2.31. The van der Waals surface area contributed by atoms with E-state index >= 15 is 0 Å². The molecule has 0 spiro atoms. The normalized spacial score (nSPS) is 11.7. The Morgan fingerprint density at radius 1 is 1.07 bits per heavy atom. The first kappa shape index (κ1) is 20.8. The quantitative estimate of drug-likeness (QED) is 0.629. The summed E-state index contributed by atoms with van der Waals surface area (Å²) in [6.07, 6.45) is 2.03. The van der Waals surface area contributed by atoms with Crippen molar-refractivity contribution in [2.75, 3.05) is 27.8 Å². The van der Waals surface area contributed by atoms with Crippen LogP contribution in [0.1, 0.15) is 35.6 Å². The zero-order valence-corrected chi connectivity index (χ0v) is 16.7. The fourth-order valence-electron chi connectivity index (χ4n) is 3.07. The average molecular weight is 370 g/mol. The molecular formula is C22H30N2O3. The molecular weight excluding hydrogens is 340 g/mol. The molecule has 0 aliphatic carbocycles. The number of hydrogen-bond acceptors (Lipinski definition) is 4. The van der Waals surface area contributed by atoms with Crippen LogP contribution >= 0.6 is 0 Å². The molecule has 0 radical (unpaired) electrons. The van der Waals surface area contributed by atoms with Crippen molar-refractivity contribution >= 4 is 5.91 Å². The van der Waals surface area contributed by atoms with Crippen LogP contribution in [-0.4, -0.2) is 33.7 Å². The third-order valence-electron chi connectivity index (χ3n) is 4.66. The summed E-state index contributed by atoms with van der Waals surface area (Å²) in [6.45, 7) is 2.92. The SMILES string of the molecule is CNCCCC(=O)NC(Cc1ccccc1C)c1ccc(OC)c(OC)c1. The maximum absolute atomic E-state index is 12.5. The molecule has 1 atom stereocenters. The predicted octanol–water partition coefficient (Wildman–Crippen LogP) is 3.41. The van der Waals surface area contributed by atoms with Gasteiger partial charge in [-0.15, -0.1) is 0 Å². The molecule has 0 aliphatic rings. The fourth-order valence-corrected chi connectivity index (χ4v) is 3.07. The van der Waals surface area contributed by atoms with Gasteiger partial charge in [-0.05, 0) is 62.2 Å². The van der Waals surface area contributed by atoms with Gasteiger partial charge in [-0.3, -0.25) is 4.79 Å². The van der Waals surface area contributed by atoms with Crippen molar-refractivity contribution in [2.45, 2.75) is 32.2 Å². The summed E-state index contributed by atoms with van der Waals surface area (Å²) in [5.41, 5.74) is 3.43. The van der Waals surface area contributed by atoms with Crippen LogP contribution in [0, 0.1) is 6.92 Å². The Bertz CT molecular complexity index is 746. The number of hydrogen-bond donors (Lipinski definition) is 2. The van der Waals surface area contributed by atoms with Crippen molar-refractivity contribution in [3.8, 4) is 11.5 Å². The van der Waals surface area contributed by atoms with Crippen LogP contribution in [-0.2, 0) is 11.2 Å². The first-order valence-corrected chi connectivity index (χ1v) is 9.29. The molecule has 2 aromatic carbocycles. The van der Waals surface area contributed by atoms with Crippen molar-refractivity contribution < 1.29 is 14.3 Å². The second kappa shape index (κ2) is 10.6.